The molecule has 0 amide bonds. The van der Waals surface area contributed by atoms with Crippen molar-refractivity contribution in [3.8, 4) is 11.1 Å². The molecular weight excluding hydrogens is 222 g/mol. The number of halogens is 1. The maximum Gasteiger partial charge on any atom is 0.152 e. The molecule has 0 atom stereocenters. The number of hydrogen-bond acceptors (Lipinski definition) is 2. The molecule has 0 bridgehead atoms. The van der Waals surface area contributed by atoms with Gasteiger partial charge >= 0.3 is 0 Å². The van der Waals surface area contributed by atoms with E-state index in [0.717, 1.165) is 23.0 Å². The van der Waals surface area contributed by atoms with Gasteiger partial charge in [0.15, 0.2) is 6.29 Å². The molecule has 16 heavy (non-hydrogen) atoms. The number of nitrogens with zero attached hydrogens (tertiary/aromatic N) is 1. The Bertz CT molecular complexity index is 537. The molecule has 2 rings (SSSR count). The van der Waals surface area contributed by atoms with E-state index in [2.05, 4.69) is 4.98 Å². The summed E-state index contributed by atoms with van der Waals surface area (Å²) in [4.78, 5) is 14.9. The van der Waals surface area contributed by atoms with Crippen molar-refractivity contribution in [2.24, 2.45) is 0 Å². The fourth-order valence-electron chi connectivity index (χ4n) is 1.65. The minimum atomic E-state index is 0.577. The minimum Gasteiger partial charge on any atom is -0.298 e. The van der Waals surface area contributed by atoms with Crippen LogP contribution in [0.15, 0.2) is 36.7 Å². The summed E-state index contributed by atoms with van der Waals surface area (Å²) < 4.78 is 0. The summed E-state index contributed by atoms with van der Waals surface area (Å²) in [5, 5.41) is 0.700. The van der Waals surface area contributed by atoms with Gasteiger partial charge in [-0.1, -0.05) is 23.7 Å². The maximum atomic E-state index is 10.9. The summed E-state index contributed by atoms with van der Waals surface area (Å²) in [6, 6.07) is 7.48. The van der Waals surface area contributed by atoms with E-state index in [-0.39, 0.29) is 0 Å². The smallest absolute Gasteiger partial charge is 0.152 e. The van der Waals surface area contributed by atoms with E-state index in [4.69, 9.17) is 11.6 Å². The van der Waals surface area contributed by atoms with Crippen LogP contribution < -0.4 is 0 Å². The molecule has 1 heterocycles. The number of carbonyl (C=O) groups is 1. The first-order valence-electron chi connectivity index (χ1n) is 4.88. The van der Waals surface area contributed by atoms with Crippen molar-refractivity contribution >= 4 is 17.9 Å². The molecule has 2 nitrogen and oxygen atoms in total. The van der Waals surface area contributed by atoms with Crippen LogP contribution in [0.1, 0.15) is 15.9 Å². The zero-order chi connectivity index (χ0) is 11.5. The normalized spacial score (nSPS) is 10.1. The molecule has 0 aliphatic heterocycles. The van der Waals surface area contributed by atoms with Crippen molar-refractivity contribution in [1.82, 2.24) is 4.98 Å². The lowest BCUT2D eigenvalue weighted by Crippen LogP contribution is -1.91. The van der Waals surface area contributed by atoms with Crippen molar-refractivity contribution in [3.63, 3.8) is 0 Å². The minimum absolute atomic E-state index is 0.577. The van der Waals surface area contributed by atoms with Gasteiger partial charge < -0.3 is 0 Å². The Morgan fingerprint density at radius 2 is 2.06 bits per heavy atom. The Labute approximate surface area is 98.9 Å². The number of benzene rings is 1. The summed E-state index contributed by atoms with van der Waals surface area (Å²) in [6.07, 6.45) is 4.04. The van der Waals surface area contributed by atoms with Crippen molar-refractivity contribution < 1.29 is 4.79 Å². The quantitative estimate of drug-likeness (QED) is 0.741. The van der Waals surface area contributed by atoms with Gasteiger partial charge in [0.1, 0.15) is 0 Å². The van der Waals surface area contributed by atoms with Crippen molar-refractivity contribution in [1.29, 1.82) is 0 Å². The predicted molar refractivity (Wildman–Crippen MR) is 64.8 cm³/mol. The molecule has 0 unspecified atom stereocenters. The summed E-state index contributed by atoms with van der Waals surface area (Å²) in [5.41, 5.74) is 3.38. The highest BCUT2D eigenvalue weighted by Gasteiger charge is 2.08. The molecule has 1 aromatic carbocycles. The zero-order valence-corrected chi connectivity index (χ0v) is 9.53. The predicted octanol–water partition coefficient (Wildman–Crippen LogP) is 3.52. The second kappa shape index (κ2) is 4.45. The van der Waals surface area contributed by atoms with E-state index in [1.165, 1.54) is 0 Å². The van der Waals surface area contributed by atoms with Crippen molar-refractivity contribution in [3.05, 3.63) is 52.8 Å². The number of carbonyl (C=O) groups excluding carboxylic acids is 1. The number of aldehydes is 1. The average Bonchev–Trinajstić information content (AvgIpc) is 2.33. The Kier molecular flexibility index (Phi) is 3.02. The lowest BCUT2D eigenvalue weighted by Gasteiger charge is -2.09. The van der Waals surface area contributed by atoms with Gasteiger partial charge in [0, 0.05) is 23.0 Å². The van der Waals surface area contributed by atoms with Gasteiger partial charge in [0.05, 0.1) is 0 Å². The highest BCUT2D eigenvalue weighted by atomic mass is 35.5. The van der Waals surface area contributed by atoms with Crippen molar-refractivity contribution in [2.45, 2.75) is 6.92 Å². The van der Waals surface area contributed by atoms with E-state index < -0.39 is 0 Å². The van der Waals surface area contributed by atoms with Gasteiger partial charge in [-0.15, -0.1) is 0 Å². The second-order valence-corrected chi connectivity index (χ2v) is 3.90. The van der Waals surface area contributed by atoms with Crippen LogP contribution >= 0.6 is 11.6 Å². The molecule has 0 saturated carbocycles. The largest absolute Gasteiger partial charge is 0.298 e. The van der Waals surface area contributed by atoms with Gasteiger partial charge in [-0.3, -0.25) is 9.78 Å². The number of rotatable bonds is 2. The van der Waals surface area contributed by atoms with Crippen molar-refractivity contribution in [2.75, 3.05) is 0 Å². The molecular formula is C13H10ClNO. The molecule has 0 radical (unpaired) electrons. The van der Waals surface area contributed by atoms with E-state index in [1.807, 2.05) is 31.2 Å². The third-order valence-electron chi connectivity index (χ3n) is 2.54. The standard InChI is InChI=1S/C13H10ClNO/c1-9-11(3-2-4-13(9)14)12-5-6-15-7-10(12)8-16/h2-8H,1H3. The molecule has 1 aromatic heterocycles. The molecule has 0 spiro atoms. The third kappa shape index (κ3) is 1.84. The van der Waals surface area contributed by atoms with E-state index in [9.17, 15) is 4.79 Å². The van der Waals surface area contributed by atoms with Crippen LogP contribution in [0.4, 0.5) is 0 Å². The second-order valence-electron chi connectivity index (χ2n) is 3.49. The fraction of sp³-hybridized carbons (Fsp3) is 0.0769. The molecule has 0 fully saturated rings. The lowest BCUT2D eigenvalue weighted by molar-refractivity contribution is 0.112. The van der Waals surface area contributed by atoms with Gasteiger partial charge in [0.25, 0.3) is 0 Å². The van der Waals surface area contributed by atoms with Crippen LogP contribution in [-0.4, -0.2) is 11.3 Å². The van der Waals surface area contributed by atoms with Crippen LogP contribution in [-0.2, 0) is 0 Å². The number of pyridine rings is 1. The van der Waals surface area contributed by atoms with Crippen LogP contribution in [0.25, 0.3) is 11.1 Å². The lowest BCUT2D eigenvalue weighted by atomic mass is 9.98. The van der Waals surface area contributed by atoms with Gasteiger partial charge in [-0.05, 0) is 35.7 Å². The van der Waals surface area contributed by atoms with Gasteiger partial charge in [-0.25, -0.2) is 0 Å². The van der Waals surface area contributed by atoms with E-state index in [1.54, 1.807) is 12.4 Å². The Morgan fingerprint density at radius 1 is 1.25 bits per heavy atom. The highest BCUT2D eigenvalue weighted by Crippen LogP contribution is 2.29. The molecule has 80 valence electrons. The van der Waals surface area contributed by atoms with Crippen LogP contribution in [0, 0.1) is 6.92 Å². The molecule has 3 heteroatoms. The Balaban J connectivity index is 2.67. The van der Waals surface area contributed by atoms with Crippen LogP contribution in [0.5, 0.6) is 0 Å². The Morgan fingerprint density at radius 3 is 2.81 bits per heavy atom. The summed E-state index contributed by atoms with van der Waals surface area (Å²) in [6.45, 7) is 1.94. The summed E-state index contributed by atoms with van der Waals surface area (Å²) >= 11 is 6.06. The van der Waals surface area contributed by atoms with Crippen LogP contribution in [0.3, 0.4) is 0 Å². The molecule has 0 aliphatic rings. The Hall–Kier alpha value is -1.67. The van der Waals surface area contributed by atoms with Crippen LogP contribution in [0.2, 0.25) is 5.02 Å². The van der Waals surface area contributed by atoms with Gasteiger partial charge in [-0.2, -0.15) is 0 Å². The molecule has 0 N–H and O–H groups in total. The first-order valence-corrected chi connectivity index (χ1v) is 5.26. The molecule has 0 aliphatic carbocycles. The first kappa shape index (κ1) is 10.8. The summed E-state index contributed by atoms with van der Waals surface area (Å²) in [7, 11) is 0. The SMILES string of the molecule is Cc1c(Cl)cccc1-c1ccncc1C=O. The van der Waals surface area contributed by atoms with E-state index in [0.29, 0.717) is 10.6 Å². The topological polar surface area (TPSA) is 30.0 Å². The van der Waals surface area contributed by atoms with Gasteiger partial charge in [0.2, 0.25) is 0 Å². The first-order chi connectivity index (χ1) is 7.74. The number of aromatic nitrogens is 1. The monoisotopic (exact) mass is 231 g/mol. The maximum absolute atomic E-state index is 10.9. The number of hydrogen-bond donors (Lipinski definition) is 0. The third-order valence-corrected chi connectivity index (χ3v) is 2.95. The van der Waals surface area contributed by atoms with E-state index >= 15 is 0 Å². The average molecular weight is 232 g/mol. The molecule has 2 aromatic rings. The summed E-state index contributed by atoms with van der Waals surface area (Å²) in [5.74, 6) is 0. The highest BCUT2D eigenvalue weighted by molar-refractivity contribution is 6.31. The fourth-order valence-corrected chi connectivity index (χ4v) is 1.82. The zero-order valence-electron chi connectivity index (χ0n) is 8.77. The molecule has 0 saturated heterocycles.